The summed E-state index contributed by atoms with van der Waals surface area (Å²) in [6, 6.07) is 7.56. The molecule has 1 aromatic rings. The van der Waals surface area contributed by atoms with E-state index in [4.69, 9.17) is 22.1 Å². The van der Waals surface area contributed by atoms with Gasteiger partial charge in [0, 0.05) is 24.2 Å². The molecule has 1 heterocycles. The van der Waals surface area contributed by atoms with Crippen LogP contribution in [0.1, 0.15) is 12.0 Å². The zero-order chi connectivity index (χ0) is 13.0. The van der Waals surface area contributed by atoms with Crippen LogP contribution in [0.15, 0.2) is 24.3 Å². The van der Waals surface area contributed by atoms with Crippen LogP contribution in [0.3, 0.4) is 0 Å². The van der Waals surface area contributed by atoms with Crippen LogP contribution in [0.2, 0.25) is 5.02 Å². The van der Waals surface area contributed by atoms with Crippen molar-refractivity contribution in [2.75, 3.05) is 19.7 Å². The maximum absolute atomic E-state index is 11.8. The molecule has 0 spiro atoms. The number of rotatable bonds is 4. The molecular formula is C13H17ClN2O2. The summed E-state index contributed by atoms with van der Waals surface area (Å²) in [7, 11) is 0. The Hall–Kier alpha value is -1.10. The molecule has 1 aromatic carbocycles. The van der Waals surface area contributed by atoms with Crippen LogP contribution >= 0.6 is 11.6 Å². The van der Waals surface area contributed by atoms with E-state index in [1.165, 1.54) is 0 Å². The quantitative estimate of drug-likeness (QED) is 0.898. The molecule has 1 amide bonds. The van der Waals surface area contributed by atoms with Gasteiger partial charge in [0.25, 0.3) is 0 Å². The molecule has 1 aliphatic rings. The molecule has 0 unspecified atom stereocenters. The van der Waals surface area contributed by atoms with Crippen LogP contribution in [0.5, 0.6) is 0 Å². The monoisotopic (exact) mass is 268 g/mol. The summed E-state index contributed by atoms with van der Waals surface area (Å²) in [5.74, 6) is -0.00463. The first-order valence-corrected chi connectivity index (χ1v) is 6.39. The number of hydrogen-bond donors (Lipinski definition) is 1. The summed E-state index contributed by atoms with van der Waals surface area (Å²) in [4.78, 5) is 13.5. The SMILES string of the molecule is N[C@@H]1CCN(C(=O)COCc2ccccc2Cl)C1. The largest absolute Gasteiger partial charge is 0.367 e. The van der Waals surface area contributed by atoms with Gasteiger partial charge in [0.05, 0.1) is 6.61 Å². The van der Waals surface area contributed by atoms with Crippen molar-refractivity contribution in [1.29, 1.82) is 0 Å². The van der Waals surface area contributed by atoms with Crippen molar-refractivity contribution in [3.63, 3.8) is 0 Å². The highest BCUT2D eigenvalue weighted by atomic mass is 35.5. The van der Waals surface area contributed by atoms with Crippen molar-refractivity contribution in [3.05, 3.63) is 34.9 Å². The lowest BCUT2D eigenvalue weighted by Crippen LogP contribution is -2.34. The minimum Gasteiger partial charge on any atom is -0.367 e. The summed E-state index contributed by atoms with van der Waals surface area (Å²) in [5, 5.41) is 0.660. The molecular weight excluding hydrogens is 252 g/mol. The van der Waals surface area contributed by atoms with Gasteiger partial charge in [-0.3, -0.25) is 4.79 Å². The zero-order valence-electron chi connectivity index (χ0n) is 10.1. The molecule has 18 heavy (non-hydrogen) atoms. The van der Waals surface area contributed by atoms with Crippen molar-refractivity contribution in [2.45, 2.75) is 19.1 Å². The molecule has 98 valence electrons. The van der Waals surface area contributed by atoms with Crippen LogP contribution in [-0.4, -0.2) is 36.5 Å². The number of hydrogen-bond acceptors (Lipinski definition) is 3. The van der Waals surface area contributed by atoms with Crippen molar-refractivity contribution in [3.8, 4) is 0 Å². The standard InChI is InChI=1S/C13H17ClN2O2/c14-12-4-2-1-3-10(12)8-18-9-13(17)16-6-5-11(15)7-16/h1-4,11H,5-9,15H2/t11-/m1/s1. The van der Waals surface area contributed by atoms with Gasteiger partial charge in [0.2, 0.25) is 5.91 Å². The van der Waals surface area contributed by atoms with E-state index >= 15 is 0 Å². The van der Waals surface area contributed by atoms with Crippen molar-refractivity contribution >= 4 is 17.5 Å². The Kier molecular flexibility index (Phi) is 4.58. The number of halogens is 1. The first-order chi connectivity index (χ1) is 8.66. The predicted molar refractivity (Wildman–Crippen MR) is 70.3 cm³/mol. The summed E-state index contributed by atoms with van der Waals surface area (Å²) < 4.78 is 5.39. The fraction of sp³-hybridized carbons (Fsp3) is 0.462. The lowest BCUT2D eigenvalue weighted by molar-refractivity contribution is -0.135. The number of likely N-dealkylation sites (tertiary alicyclic amines) is 1. The molecule has 0 aromatic heterocycles. The van der Waals surface area contributed by atoms with E-state index in [1.807, 2.05) is 24.3 Å². The van der Waals surface area contributed by atoms with Gasteiger partial charge in [-0.15, -0.1) is 0 Å². The van der Waals surface area contributed by atoms with Crippen LogP contribution in [0, 0.1) is 0 Å². The normalized spacial score (nSPS) is 19.2. The van der Waals surface area contributed by atoms with E-state index in [1.54, 1.807) is 4.90 Å². The average Bonchev–Trinajstić information content (AvgIpc) is 2.78. The molecule has 0 bridgehead atoms. The third-order valence-electron chi connectivity index (χ3n) is 3.02. The Morgan fingerprint density at radius 2 is 2.28 bits per heavy atom. The van der Waals surface area contributed by atoms with Gasteiger partial charge in [-0.25, -0.2) is 0 Å². The lowest BCUT2D eigenvalue weighted by atomic mass is 10.2. The highest BCUT2D eigenvalue weighted by molar-refractivity contribution is 6.31. The minimum absolute atomic E-state index is 0.00463. The van der Waals surface area contributed by atoms with E-state index in [0.29, 0.717) is 18.2 Å². The van der Waals surface area contributed by atoms with Gasteiger partial charge in [0.15, 0.2) is 0 Å². The van der Waals surface area contributed by atoms with Crippen LogP contribution in [-0.2, 0) is 16.1 Å². The maximum Gasteiger partial charge on any atom is 0.248 e. The average molecular weight is 269 g/mol. The van der Waals surface area contributed by atoms with Gasteiger partial charge in [-0.1, -0.05) is 29.8 Å². The van der Waals surface area contributed by atoms with E-state index < -0.39 is 0 Å². The predicted octanol–water partition coefficient (Wildman–Crippen LogP) is 1.42. The zero-order valence-corrected chi connectivity index (χ0v) is 10.9. The summed E-state index contributed by atoms with van der Waals surface area (Å²) in [5.41, 5.74) is 6.64. The molecule has 0 aliphatic carbocycles. The molecule has 1 fully saturated rings. The van der Waals surface area contributed by atoms with Gasteiger partial charge < -0.3 is 15.4 Å². The first-order valence-electron chi connectivity index (χ1n) is 6.01. The van der Waals surface area contributed by atoms with E-state index in [-0.39, 0.29) is 18.6 Å². The second-order valence-corrected chi connectivity index (χ2v) is 4.88. The highest BCUT2D eigenvalue weighted by Gasteiger charge is 2.23. The van der Waals surface area contributed by atoms with E-state index in [9.17, 15) is 4.79 Å². The topological polar surface area (TPSA) is 55.6 Å². The molecule has 1 atom stereocenters. The van der Waals surface area contributed by atoms with Gasteiger partial charge in [-0.05, 0) is 18.1 Å². The molecule has 2 N–H and O–H groups in total. The van der Waals surface area contributed by atoms with Crippen LogP contribution < -0.4 is 5.73 Å². The number of carbonyl (C=O) groups excluding carboxylic acids is 1. The molecule has 5 heteroatoms. The lowest BCUT2D eigenvalue weighted by Gasteiger charge is -2.15. The van der Waals surface area contributed by atoms with Crippen molar-refractivity contribution in [1.82, 2.24) is 4.90 Å². The Labute approximate surface area is 112 Å². The molecule has 1 saturated heterocycles. The molecule has 1 aliphatic heterocycles. The summed E-state index contributed by atoms with van der Waals surface area (Å²) in [6.45, 7) is 1.80. The number of ether oxygens (including phenoxy) is 1. The van der Waals surface area contributed by atoms with Crippen LogP contribution in [0.4, 0.5) is 0 Å². The molecule has 0 radical (unpaired) electrons. The molecule has 2 rings (SSSR count). The number of nitrogens with zero attached hydrogens (tertiary/aromatic N) is 1. The number of carbonyl (C=O) groups is 1. The molecule has 4 nitrogen and oxygen atoms in total. The third-order valence-corrected chi connectivity index (χ3v) is 3.39. The Balaban J connectivity index is 1.75. The van der Waals surface area contributed by atoms with E-state index in [2.05, 4.69) is 0 Å². The highest BCUT2D eigenvalue weighted by Crippen LogP contribution is 2.15. The van der Waals surface area contributed by atoms with Crippen LogP contribution in [0.25, 0.3) is 0 Å². The minimum atomic E-state index is -0.00463. The molecule has 0 saturated carbocycles. The second kappa shape index (κ2) is 6.18. The van der Waals surface area contributed by atoms with E-state index in [0.717, 1.165) is 18.5 Å². The van der Waals surface area contributed by atoms with Gasteiger partial charge in [0.1, 0.15) is 6.61 Å². The van der Waals surface area contributed by atoms with Gasteiger partial charge >= 0.3 is 0 Å². The smallest absolute Gasteiger partial charge is 0.248 e. The third kappa shape index (κ3) is 3.45. The van der Waals surface area contributed by atoms with Gasteiger partial charge in [-0.2, -0.15) is 0 Å². The number of nitrogens with two attached hydrogens (primary N) is 1. The Bertz CT molecular complexity index is 425. The first kappa shape index (κ1) is 13.3. The fourth-order valence-electron chi connectivity index (χ4n) is 1.97. The number of amides is 1. The number of benzene rings is 1. The second-order valence-electron chi connectivity index (χ2n) is 4.47. The maximum atomic E-state index is 11.8. The summed E-state index contributed by atoms with van der Waals surface area (Å²) in [6.07, 6.45) is 0.871. The Morgan fingerprint density at radius 3 is 2.94 bits per heavy atom. The van der Waals surface area contributed by atoms with Crippen molar-refractivity contribution < 1.29 is 9.53 Å². The Morgan fingerprint density at radius 1 is 1.50 bits per heavy atom. The summed E-state index contributed by atoms with van der Waals surface area (Å²) >= 11 is 5.99. The van der Waals surface area contributed by atoms with Crippen molar-refractivity contribution in [2.24, 2.45) is 5.73 Å². The fourth-order valence-corrected chi connectivity index (χ4v) is 2.16.